The van der Waals surface area contributed by atoms with Crippen LogP contribution < -0.4 is 24.3 Å². The van der Waals surface area contributed by atoms with Crippen molar-refractivity contribution in [2.45, 2.75) is 45.8 Å². The number of hydrogen-bond acceptors (Lipinski definition) is 5. The largest absolute Gasteiger partial charge is 0.493 e. The van der Waals surface area contributed by atoms with Gasteiger partial charge in [0.1, 0.15) is 6.61 Å². The summed E-state index contributed by atoms with van der Waals surface area (Å²) in [5.74, 6) is 3.09. The molecule has 0 fully saturated rings. The third-order valence-electron chi connectivity index (χ3n) is 6.53. The standard InChI is InChI=1S/C31H37NO4/c1-5-6-16-35-30-18-24(22(2)17-28(30)33-3)12-13-27-26-20-29(34-4)31(19-25(26)14-15-32-27)36-21-23-10-8-7-9-11-23/h7-13,17-20,27,32H,5-6,14-16,21H2,1-4H3/b13-12+. The first-order chi connectivity index (χ1) is 17.6. The van der Waals surface area contributed by atoms with E-state index in [0.29, 0.717) is 13.2 Å². The van der Waals surface area contributed by atoms with E-state index in [1.165, 1.54) is 11.1 Å². The normalized spacial score (nSPS) is 14.9. The Bertz CT molecular complexity index is 1170. The van der Waals surface area contributed by atoms with Gasteiger partial charge in [0.05, 0.1) is 26.9 Å². The van der Waals surface area contributed by atoms with Crippen molar-refractivity contribution in [3.8, 4) is 23.0 Å². The van der Waals surface area contributed by atoms with Gasteiger partial charge in [0.15, 0.2) is 23.0 Å². The number of benzene rings is 3. The van der Waals surface area contributed by atoms with Crippen LogP contribution in [0.2, 0.25) is 0 Å². The molecule has 0 aliphatic carbocycles. The number of aryl methyl sites for hydroxylation is 1. The molecule has 1 aliphatic heterocycles. The lowest BCUT2D eigenvalue weighted by Gasteiger charge is -2.26. The maximum absolute atomic E-state index is 6.15. The van der Waals surface area contributed by atoms with Gasteiger partial charge in [-0.05, 0) is 71.8 Å². The van der Waals surface area contributed by atoms with Crippen molar-refractivity contribution in [3.05, 3.63) is 88.5 Å². The highest BCUT2D eigenvalue weighted by atomic mass is 16.5. The summed E-state index contributed by atoms with van der Waals surface area (Å²) in [5, 5.41) is 3.63. The van der Waals surface area contributed by atoms with Crippen LogP contribution in [0.4, 0.5) is 0 Å². The minimum Gasteiger partial charge on any atom is -0.493 e. The summed E-state index contributed by atoms with van der Waals surface area (Å²) in [6.45, 7) is 6.35. The van der Waals surface area contributed by atoms with Gasteiger partial charge >= 0.3 is 0 Å². The van der Waals surface area contributed by atoms with E-state index in [0.717, 1.165) is 65.5 Å². The van der Waals surface area contributed by atoms with Gasteiger partial charge in [-0.3, -0.25) is 0 Å². The Labute approximate surface area is 215 Å². The van der Waals surface area contributed by atoms with Crippen molar-refractivity contribution >= 4 is 6.08 Å². The predicted octanol–water partition coefficient (Wildman–Crippen LogP) is 6.67. The van der Waals surface area contributed by atoms with E-state index in [4.69, 9.17) is 18.9 Å². The number of nitrogens with one attached hydrogen (secondary N) is 1. The molecule has 1 N–H and O–H groups in total. The van der Waals surface area contributed by atoms with Gasteiger partial charge in [-0.1, -0.05) is 55.8 Å². The summed E-state index contributed by atoms with van der Waals surface area (Å²) >= 11 is 0. The number of unbranched alkanes of at least 4 members (excludes halogenated alkanes) is 1. The molecule has 0 spiro atoms. The minimum atomic E-state index is 0.0804. The summed E-state index contributed by atoms with van der Waals surface area (Å²) in [6.07, 6.45) is 7.44. The van der Waals surface area contributed by atoms with Crippen molar-refractivity contribution in [2.24, 2.45) is 0 Å². The number of hydrogen-bond donors (Lipinski definition) is 1. The third kappa shape index (κ3) is 6.21. The predicted molar refractivity (Wildman–Crippen MR) is 145 cm³/mol. The quantitative estimate of drug-likeness (QED) is 0.306. The second-order valence-corrected chi connectivity index (χ2v) is 9.08. The molecule has 0 aromatic heterocycles. The molecule has 1 atom stereocenters. The Morgan fingerprint density at radius 3 is 2.42 bits per heavy atom. The molecule has 0 bridgehead atoms. The van der Waals surface area contributed by atoms with Crippen LogP contribution in [0.3, 0.4) is 0 Å². The average molecular weight is 488 g/mol. The molecule has 0 radical (unpaired) electrons. The summed E-state index contributed by atoms with van der Waals surface area (Å²) in [4.78, 5) is 0. The Balaban J connectivity index is 1.56. The zero-order valence-corrected chi connectivity index (χ0v) is 21.8. The van der Waals surface area contributed by atoms with Crippen LogP contribution in [0.5, 0.6) is 23.0 Å². The molecule has 36 heavy (non-hydrogen) atoms. The van der Waals surface area contributed by atoms with E-state index in [1.807, 2.05) is 24.3 Å². The van der Waals surface area contributed by atoms with Gasteiger partial charge in [0.2, 0.25) is 0 Å². The fourth-order valence-electron chi connectivity index (χ4n) is 4.43. The van der Waals surface area contributed by atoms with Crippen molar-refractivity contribution in [1.82, 2.24) is 5.32 Å². The highest BCUT2D eigenvalue weighted by Gasteiger charge is 2.21. The molecule has 1 unspecified atom stereocenters. The van der Waals surface area contributed by atoms with Crippen molar-refractivity contribution < 1.29 is 18.9 Å². The van der Waals surface area contributed by atoms with Gasteiger partial charge < -0.3 is 24.3 Å². The van der Waals surface area contributed by atoms with E-state index in [9.17, 15) is 0 Å². The monoisotopic (exact) mass is 487 g/mol. The molecule has 3 aromatic rings. The van der Waals surface area contributed by atoms with Gasteiger partial charge in [0, 0.05) is 6.54 Å². The Kier molecular flexibility index (Phi) is 8.90. The van der Waals surface area contributed by atoms with Gasteiger partial charge in [-0.15, -0.1) is 0 Å². The van der Waals surface area contributed by atoms with E-state index >= 15 is 0 Å². The molecule has 4 rings (SSSR count). The fourth-order valence-corrected chi connectivity index (χ4v) is 4.43. The fraction of sp³-hybridized carbons (Fsp3) is 0.355. The molecule has 5 nitrogen and oxygen atoms in total. The lowest BCUT2D eigenvalue weighted by molar-refractivity contribution is 0.283. The van der Waals surface area contributed by atoms with Crippen LogP contribution in [0.1, 0.15) is 53.6 Å². The van der Waals surface area contributed by atoms with Crippen molar-refractivity contribution in [2.75, 3.05) is 27.4 Å². The third-order valence-corrected chi connectivity index (χ3v) is 6.53. The van der Waals surface area contributed by atoms with Crippen molar-refractivity contribution in [1.29, 1.82) is 0 Å². The minimum absolute atomic E-state index is 0.0804. The molecule has 0 saturated heterocycles. The molecular weight excluding hydrogens is 450 g/mol. The highest BCUT2D eigenvalue weighted by molar-refractivity contribution is 5.61. The maximum Gasteiger partial charge on any atom is 0.161 e. The first kappa shape index (κ1) is 25.6. The van der Waals surface area contributed by atoms with Crippen LogP contribution in [0.15, 0.2) is 60.7 Å². The summed E-state index contributed by atoms with van der Waals surface area (Å²) in [7, 11) is 3.38. The molecule has 190 valence electrons. The zero-order valence-electron chi connectivity index (χ0n) is 21.8. The van der Waals surface area contributed by atoms with Crippen LogP contribution in [0.25, 0.3) is 6.08 Å². The SMILES string of the molecule is CCCCOc1cc(/C=C/C2NCCc3cc(OCc4ccccc4)c(OC)cc32)c(C)cc1OC. The van der Waals surface area contributed by atoms with Crippen LogP contribution in [-0.4, -0.2) is 27.4 Å². The summed E-state index contributed by atoms with van der Waals surface area (Å²) in [6, 6.07) is 18.6. The van der Waals surface area contributed by atoms with Crippen molar-refractivity contribution in [3.63, 3.8) is 0 Å². The molecule has 1 heterocycles. The van der Waals surface area contributed by atoms with Crippen LogP contribution in [-0.2, 0) is 13.0 Å². The number of rotatable bonds is 11. The molecule has 5 heteroatoms. The van der Waals surface area contributed by atoms with Gasteiger partial charge in [-0.25, -0.2) is 0 Å². The second kappa shape index (κ2) is 12.5. The number of methoxy groups -OCH3 is 2. The van der Waals surface area contributed by atoms with Gasteiger partial charge in [0.25, 0.3) is 0 Å². The van der Waals surface area contributed by atoms with Crippen LogP contribution in [0, 0.1) is 6.92 Å². The lowest BCUT2D eigenvalue weighted by Crippen LogP contribution is -2.28. The second-order valence-electron chi connectivity index (χ2n) is 9.08. The van der Waals surface area contributed by atoms with Crippen LogP contribution >= 0.6 is 0 Å². The number of ether oxygens (including phenoxy) is 4. The number of fused-ring (bicyclic) bond motifs is 1. The molecule has 1 aliphatic rings. The van der Waals surface area contributed by atoms with Gasteiger partial charge in [-0.2, -0.15) is 0 Å². The Hall–Kier alpha value is -3.44. The summed E-state index contributed by atoms with van der Waals surface area (Å²) < 4.78 is 23.4. The van der Waals surface area contributed by atoms with E-state index in [1.54, 1.807) is 14.2 Å². The Morgan fingerprint density at radius 2 is 1.67 bits per heavy atom. The zero-order chi connectivity index (χ0) is 25.3. The lowest BCUT2D eigenvalue weighted by atomic mass is 9.92. The maximum atomic E-state index is 6.15. The molecular formula is C31H37NO4. The first-order valence-electron chi connectivity index (χ1n) is 12.7. The topological polar surface area (TPSA) is 49.0 Å². The van der Waals surface area contributed by atoms with E-state index < -0.39 is 0 Å². The average Bonchev–Trinajstić information content (AvgIpc) is 2.91. The van der Waals surface area contributed by atoms with E-state index in [-0.39, 0.29) is 6.04 Å². The highest BCUT2D eigenvalue weighted by Crippen LogP contribution is 2.37. The van der Waals surface area contributed by atoms with E-state index in [2.05, 4.69) is 61.6 Å². The Morgan fingerprint density at radius 1 is 0.917 bits per heavy atom. The molecule has 0 saturated carbocycles. The molecule has 3 aromatic carbocycles. The summed E-state index contributed by atoms with van der Waals surface area (Å²) in [5.41, 5.74) is 5.89. The first-order valence-corrected chi connectivity index (χ1v) is 12.7. The smallest absolute Gasteiger partial charge is 0.161 e. The molecule has 0 amide bonds.